The van der Waals surface area contributed by atoms with E-state index in [9.17, 15) is 0 Å². The average Bonchev–Trinajstić information content (AvgIpc) is 3.15. The molecule has 0 amide bonds. The molecular formula is C19H23N7O. The van der Waals surface area contributed by atoms with Gasteiger partial charge in [-0.3, -0.25) is 5.10 Å². The summed E-state index contributed by atoms with van der Waals surface area (Å²) in [6.07, 6.45) is 8.63. The van der Waals surface area contributed by atoms with Gasteiger partial charge in [0, 0.05) is 49.5 Å². The monoisotopic (exact) mass is 365 g/mol. The molecule has 0 aromatic carbocycles. The Hall–Kier alpha value is -2.61. The second kappa shape index (κ2) is 5.69. The van der Waals surface area contributed by atoms with Crippen molar-refractivity contribution >= 4 is 17.4 Å². The lowest BCUT2D eigenvalue weighted by Gasteiger charge is -2.41. The van der Waals surface area contributed by atoms with Gasteiger partial charge >= 0.3 is 0 Å². The summed E-state index contributed by atoms with van der Waals surface area (Å²) in [6.45, 7) is 3.90. The number of nitrogens with zero attached hydrogens (tertiary/aromatic N) is 5. The minimum Gasteiger partial charge on any atom is -0.381 e. The van der Waals surface area contributed by atoms with Crippen molar-refractivity contribution in [1.29, 1.82) is 0 Å². The highest BCUT2D eigenvalue weighted by Crippen LogP contribution is 2.54. The Balaban J connectivity index is 1.26. The van der Waals surface area contributed by atoms with Crippen LogP contribution in [0, 0.1) is 5.41 Å². The van der Waals surface area contributed by atoms with Gasteiger partial charge in [-0.15, -0.1) is 5.10 Å². The van der Waals surface area contributed by atoms with Crippen molar-refractivity contribution in [2.75, 3.05) is 36.5 Å². The van der Waals surface area contributed by atoms with Gasteiger partial charge in [0.05, 0.1) is 6.20 Å². The van der Waals surface area contributed by atoms with E-state index in [1.165, 1.54) is 12.8 Å². The molecule has 140 valence electrons. The number of hydrogen-bond donors (Lipinski definition) is 2. The topological polar surface area (TPSA) is 83.4 Å². The molecular weight excluding hydrogens is 342 g/mol. The average molecular weight is 365 g/mol. The molecule has 2 saturated heterocycles. The SMILES string of the molecule is c1cn2nc(NC3CCOCC3)nc2cc1-c1cn[nH]c1N1CC2(CC2)C1. The quantitative estimate of drug-likeness (QED) is 0.738. The van der Waals surface area contributed by atoms with Gasteiger partial charge in [-0.2, -0.15) is 10.1 Å². The highest BCUT2D eigenvalue weighted by molar-refractivity contribution is 5.78. The van der Waals surface area contributed by atoms with E-state index in [0.717, 1.165) is 61.7 Å². The van der Waals surface area contributed by atoms with Crippen molar-refractivity contribution in [2.45, 2.75) is 31.7 Å². The van der Waals surface area contributed by atoms with E-state index < -0.39 is 0 Å². The summed E-state index contributed by atoms with van der Waals surface area (Å²) < 4.78 is 7.24. The molecule has 8 nitrogen and oxygen atoms in total. The number of pyridine rings is 1. The van der Waals surface area contributed by atoms with Crippen LogP contribution >= 0.6 is 0 Å². The van der Waals surface area contributed by atoms with Gasteiger partial charge in [0.1, 0.15) is 5.82 Å². The highest BCUT2D eigenvalue weighted by atomic mass is 16.5. The Kier molecular flexibility index (Phi) is 3.26. The summed E-state index contributed by atoms with van der Waals surface area (Å²) in [5.41, 5.74) is 3.71. The molecule has 6 rings (SSSR count). The molecule has 1 saturated carbocycles. The zero-order valence-electron chi connectivity index (χ0n) is 15.2. The lowest BCUT2D eigenvalue weighted by atomic mass is 9.96. The number of rotatable bonds is 4. The van der Waals surface area contributed by atoms with Crippen LogP contribution in [-0.2, 0) is 4.74 Å². The fourth-order valence-electron chi connectivity index (χ4n) is 4.28. The van der Waals surface area contributed by atoms with E-state index in [1.54, 1.807) is 0 Å². The molecule has 3 aromatic heterocycles. The predicted molar refractivity (Wildman–Crippen MR) is 102 cm³/mol. The van der Waals surface area contributed by atoms with Crippen LogP contribution in [0.25, 0.3) is 16.8 Å². The lowest BCUT2D eigenvalue weighted by Crippen LogP contribution is -2.48. The number of hydrogen-bond acceptors (Lipinski definition) is 6. The number of anilines is 2. The molecule has 0 bridgehead atoms. The fourth-order valence-corrected chi connectivity index (χ4v) is 4.28. The molecule has 2 N–H and O–H groups in total. The van der Waals surface area contributed by atoms with Gasteiger partial charge in [0.25, 0.3) is 0 Å². The maximum Gasteiger partial charge on any atom is 0.243 e. The molecule has 3 fully saturated rings. The van der Waals surface area contributed by atoms with Crippen molar-refractivity contribution < 1.29 is 4.74 Å². The second-order valence-corrected chi connectivity index (χ2v) is 8.17. The highest BCUT2D eigenvalue weighted by Gasteiger charge is 2.53. The number of nitrogens with one attached hydrogen (secondary N) is 2. The third-order valence-corrected chi connectivity index (χ3v) is 6.15. The van der Waals surface area contributed by atoms with E-state index in [2.05, 4.69) is 42.6 Å². The molecule has 0 radical (unpaired) electrons. The number of ether oxygens (including phenoxy) is 1. The molecule has 1 aliphatic carbocycles. The maximum absolute atomic E-state index is 5.42. The van der Waals surface area contributed by atoms with Crippen LogP contribution in [0.3, 0.4) is 0 Å². The second-order valence-electron chi connectivity index (χ2n) is 8.17. The largest absolute Gasteiger partial charge is 0.381 e. The van der Waals surface area contributed by atoms with Crippen molar-refractivity contribution in [3.05, 3.63) is 24.5 Å². The number of aromatic nitrogens is 5. The summed E-state index contributed by atoms with van der Waals surface area (Å²) in [4.78, 5) is 7.08. The Bertz CT molecular complexity index is 975. The zero-order chi connectivity index (χ0) is 17.8. The lowest BCUT2D eigenvalue weighted by molar-refractivity contribution is 0.0903. The Morgan fingerprint density at radius 2 is 2.07 bits per heavy atom. The summed E-state index contributed by atoms with van der Waals surface area (Å²) >= 11 is 0. The number of aromatic amines is 1. The van der Waals surface area contributed by atoms with Crippen LogP contribution in [0.15, 0.2) is 24.5 Å². The maximum atomic E-state index is 5.42. The molecule has 0 unspecified atom stereocenters. The van der Waals surface area contributed by atoms with E-state index in [4.69, 9.17) is 4.74 Å². The molecule has 2 aliphatic heterocycles. The van der Waals surface area contributed by atoms with E-state index in [0.29, 0.717) is 17.4 Å². The Morgan fingerprint density at radius 3 is 2.89 bits per heavy atom. The van der Waals surface area contributed by atoms with Gasteiger partial charge in [-0.1, -0.05) is 0 Å². The van der Waals surface area contributed by atoms with E-state index >= 15 is 0 Å². The van der Waals surface area contributed by atoms with Gasteiger partial charge in [-0.25, -0.2) is 4.52 Å². The van der Waals surface area contributed by atoms with Crippen molar-refractivity contribution in [3.63, 3.8) is 0 Å². The molecule has 3 aromatic rings. The molecule has 1 spiro atoms. The van der Waals surface area contributed by atoms with Crippen LogP contribution in [0.5, 0.6) is 0 Å². The molecule has 0 atom stereocenters. The van der Waals surface area contributed by atoms with Gasteiger partial charge in [-0.05, 0) is 43.4 Å². The van der Waals surface area contributed by atoms with Crippen LogP contribution in [0.1, 0.15) is 25.7 Å². The zero-order valence-corrected chi connectivity index (χ0v) is 15.2. The minimum absolute atomic E-state index is 0.386. The van der Waals surface area contributed by atoms with Gasteiger partial charge in [0.15, 0.2) is 5.65 Å². The number of H-pyrrole nitrogens is 1. The van der Waals surface area contributed by atoms with Gasteiger partial charge in [0.2, 0.25) is 5.95 Å². The standard InChI is InChI=1S/C19H23N7O/c1-6-26-16(22-18(24-26)21-14-2-7-27-8-3-14)9-13(1)15-10-20-23-17(15)25-11-19(12-25)4-5-19/h1,6,9-10,14H,2-5,7-8,11-12H2,(H,20,23)(H,21,24). The minimum atomic E-state index is 0.386. The van der Waals surface area contributed by atoms with E-state index in [1.807, 2.05) is 16.9 Å². The third kappa shape index (κ3) is 2.66. The van der Waals surface area contributed by atoms with Crippen LogP contribution in [-0.4, -0.2) is 57.1 Å². The summed E-state index contributed by atoms with van der Waals surface area (Å²) in [5.74, 6) is 1.81. The van der Waals surface area contributed by atoms with Crippen LogP contribution in [0.2, 0.25) is 0 Å². The Morgan fingerprint density at radius 1 is 1.22 bits per heavy atom. The first-order chi connectivity index (χ1) is 13.3. The first-order valence-electron chi connectivity index (χ1n) is 9.78. The smallest absolute Gasteiger partial charge is 0.243 e. The predicted octanol–water partition coefficient (Wildman–Crippen LogP) is 2.31. The normalized spacial score (nSPS) is 21.6. The first-order valence-corrected chi connectivity index (χ1v) is 9.78. The fraction of sp³-hybridized carbons (Fsp3) is 0.526. The summed E-state index contributed by atoms with van der Waals surface area (Å²) in [7, 11) is 0. The van der Waals surface area contributed by atoms with Crippen LogP contribution in [0.4, 0.5) is 11.8 Å². The van der Waals surface area contributed by atoms with Gasteiger partial charge < -0.3 is 15.0 Å². The van der Waals surface area contributed by atoms with Crippen molar-refractivity contribution in [3.8, 4) is 11.1 Å². The molecule has 5 heterocycles. The Labute approximate surface area is 156 Å². The van der Waals surface area contributed by atoms with E-state index in [-0.39, 0.29) is 0 Å². The number of fused-ring (bicyclic) bond motifs is 1. The first kappa shape index (κ1) is 15.4. The summed E-state index contributed by atoms with van der Waals surface area (Å²) in [6, 6.07) is 4.56. The third-order valence-electron chi connectivity index (χ3n) is 6.15. The molecule has 27 heavy (non-hydrogen) atoms. The molecule has 8 heteroatoms. The van der Waals surface area contributed by atoms with Crippen LogP contribution < -0.4 is 10.2 Å². The van der Waals surface area contributed by atoms with Crippen molar-refractivity contribution in [1.82, 2.24) is 24.8 Å². The summed E-state index contributed by atoms with van der Waals surface area (Å²) in [5, 5.41) is 15.5. The van der Waals surface area contributed by atoms with Crippen molar-refractivity contribution in [2.24, 2.45) is 5.41 Å². The molecule has 3 aliphatic rings.